The minimum atomic E-state index is -0.301. The van der Waals surface area contributed by atoms with E-state index in [1.165, 1.54) is 0 Å². The summed E-state index contributed by atoms with van der Waals surface area (Å²) >= 11 is 0. The van der Waals surface area contributed by atoms with Crippen LogP contribution < -0.4 is 24.8 Å². The number of aromatic nitrogens is 1. The third-order valence-electron chi connectivity index (χ3n) is 3.68. The summed E-state index contributed by atoms with van der Waals surface area (Å²) in [4.78, 5) is 16.1. The fourth-order valence-corrected chi connectivity index (χ4v) is 2.33. The molecule has 0 saturated carbocycles. The van der Waals surface area contributed by atoms with Crippen LogP contribution >= 0.6 is 0 Å². The molecule has 8 heteroatoms. The van der Waals surface area contributed by atoms with Crippen LogP contribution in [0.15, 0.2) is 36.5 Å². The van der Waals surface area contributed by atoms with Gasteiger partial charge >= 0.3 is 6.03 Å². The molecule has 1 aromatic carbocycles. The number of carbonyl (C=O) groups is 1. The van der Waals surface area contributed by atoms with Gasteiger partial charge in [0.25, 0.3) is 0 Å². The summed E-state index contributed by atoms with van der Waals surface area (Å²) in [7, 11) is 4.78. The summed E-state index contributed by atoms with van der Waals surface area (Å²) in [5.41, 5.74) is 1.63. The molecule has 0 bridgehead atoms. The smallest absolute Gasteiger partial charge is 0.319 e. The molecule has 1 aromatic heterocycles. The summed E-state index contributed by atoms with van der Waals surface area (Å²) in [5.74, 6) is 1.76. The minimum Gasteiger partial charge on any atom is -0.493 e. The molecule has 27 heavy (non-hydrogen) atoms. The van der Waals surface area contributed by atoms with Gasteiger partial charge < -0.3 is 29.6 Å². The summed E-state index contributed by atoms with van der Waals surface area (Å²) < 4.78 is 20.8. The quantitative estimate of drug-likeness (QED) is 0.620. The predicted octanol–water partition coefficient (Wildman–Crippen LogP) is 2.49. The van der Waals surface area contributed by atoms with Crippen LogP contribution in [0.3, 0.4) is 0 Å². The number of urea groups is 1. The molecule has 146 valence electrons. The van der Waals surface area contributed by atoms with E-state index in [0.717, 1.165) is 5.56 Å². The van der Waals surface area contributed by atoms with Crippen LogP contribution in [-0.2, 0) is 11.2 Å². The predicted molar refractivity (Wildman–Crippen MR) is 102 cm³/mol. The third kappa shape index (κ3) is 6.67. The van der Waals surface area contributed by atoms with Crippen LogP contribution in [0.2, 0.25) is 0 Å². The normalized spacial score (nSPS) is 10.2. The number of anilines is 1. The minimum absolute atomic E-state index is 0.301. The van der Waals surface area contributed by atoms with E-state index in [9.17, 15) is 4.79 Å². The average Bonchev–Trinajstić information content (AvgIpc) is 2.68. The molecule has 2 N–H and O–H groups in total. The standard InChI is InChI=1S/C19H25N3O5/c1-24-10-11-27-18-13-15(7-9-20-18)22-19(23)21-8-6-14-4-5-16(25-2)17(12-14)26-3/h4-5,7,9,12-13H,6,8,10-11H2,1-3H3,(H2,20,21,22,23). The highest BCUT2D eigenvalue weighted by atomic mass is 16.5. The summed E-state index contributed by atoms with van der Waals surface area (Å²) in [6.07, 6.45) is 2.23. The van der Waals surface area contributed by atoms with Crippen molar-refractivity contribution in [1.29, 1.82) is 0 Å². The molecule has 0 aliphatic heterocycles. The maximum atomic E-state index is 12.0. The van der Waals surface area contributed by atoms with Gasteiger partial charge in [0.1, 0.15) is 6.61 Å². The summed E-state index contributed by atoms with van der Waals surface area (Å²) in [6.45, 7) is 1.34. The summed E-state index contributed by atoms with van der Waals surface area (Å²) in [5, 5.41) is 5.57. The number of benzene rings is 1. The van der Waals surface area contributed by atoms with Crippen molar-refractivity contribution in [3.8, 4) is 17.4 Å². The van der Waals surface area contributed by atoms with E-state index in [2.05, 4.69) is 15.6 Å². The Labute approximate surface area is 158 Å². The van der Waals surface area contributed by atoms with Crippen LogP contribution in [0.5, 0.6) is 17.4 Å². The first kappa shape index (κ1) is 20.3. The zero-order valence-electron chi connectivity index (χ0n) is 15.8. The zero-order valence-corrected chi connectivity index (χ0v) is 15.8. The largest absolute Gasteiger partial charge is 0.493 e. The molecule has 0 aliphatic rings. The molecule has 0 unspecified atom stereocenters. The highest BCUT2D eigenvalue weighted by Crippen LogP contribution is 2.27. The van der Waals surface area contributed by atoms with E-state index < -0.39 is 0 Å². The topological polar surface area (TPSA) is 90.9 Å². The van der Waals surface area contributed by atoms with Gasteiger partial charge in [0.15, 0.2) is 11.5 Å². The van der Waals surface area contributed by atoms with E-state index in [0.29, 0.717) is 49.2 Å². The Hall–Kier alpha value is -3.00. The Morgan fingerprint density at radius 2 is 1.85 bits per heavy atom. The van der Waals surface area contributed by atoms with E-state index >= 15 is 0 Å². The van der Waals surface area contributed by atoms with E-state index in [1.54, 1.807) is 39.7 Å². The number of hydrogen-bond acceptors (Lipinski definition) is 6. The monoisotopic (exact) mass is 375 g/mol. The van der Waals surface area contributed by atoms with Crippen LogP contribution in [0, 0.1) is 0 Å². The first-order valence-corrected chi connectivity index (χ1v) is 8.49. The lowest BCUT2D eigenvalue weighted by Gasteiger charge is -2.11. The second-order valence-corrected chi connectivity index (χ2v) is 5.54. The van der Waals surface area contributed by atoms with Gasteiger partial charge in [-0.2, -0.15) is 0 Å². The molecule has 8 nitrogen and oxygen atoms in total. The van der Waals surface area contributed by atoms with Crippen LogP contribution in [0.1, 0.15) is 5.56 Å². The van der Waals surface area contributed by atoms with Gasteiger partial charge in [-0.3, -0.25) is 0 Å². The van der Waals surface area contributed by atoms with Gasteiger partial charge in [-0.15, -0.1) is 0 Å². The molecule has 0 atom stereocenters. The maximum Gasteiger partial charge on any atom is 0.319 e. The second-order valence-electron chi connectivity index (χ2n) is 5.54. The molecular weight excluding hydrogens is 350 g/mol. The zero-order chi connectivity index (χ0) is 19.5. The molecule has 0 saturated heterocycles. The number of pyridine rings is 1. The Morgan fingerprint density at radius 3 is 2.59 bits per heavy atom. The van der Waals surface area contributed by atoms with E-state index in [4.69, 9.17) is 18.9 Å². The SMILES string of the molecule is COCCOc1cc(NC(=O)NCCc2ccc(OC)c(OC)c2)ccn1. The lowest BCUT2D eigenvalue weighted by Crippen LogP contribution is -2.30. The lowest BCUT2D eigenvalue weighted by molar-refractivity contribution is 0.144. The number of nitrogens with zero attached hydrogens (tertiary/aromatic N) is 1. The van der Waals surface area contributed by atoms with Crippen molar-refractivity contribution in [2.75, 3.05) is 46.4 Å². The number of ether oxygens (including phenoxy) is 4. The highest BCUT2D eigenvalue weighted by Gasteiger charge is 2.06. The molecule has 0 spiro atoms. The number of hydrogen-bond donors (Lipinski definition) is 2. The van der Waals surface area contributed by atoms with Crippen LogP contribution in [0.4, 0.5) is 10.5 Å². The van der Waals surface area contributed by atoms with Crippen LogP contribution in [-0.4, -0.2) is 52.1 Å². The van der Waals surface area contributed by atoms with Crippen molar-refractivity contribution < 1.29 is 23.7 Å². The fourth-order valence-electron chi connectivity index (χ4n) is 2.33. The van der Waals surface area contributed by atoms with E-state index in [1.807, 2.05) is 18.2 Å². The first-order valence-electron chi connectivity index (χ1n) is 8.49. The Bertz CT molecular complexity index is 739. The lowest BCUT2D eigenvalue weighted by atomic mass is 10.1. The Balaban J connectivity index is 1.80. The molecule has 2 aromatic rings. The van der Waals surface area contributed by atoms with Crippen molar-refractivity contribution in [2.45, 2.75) is 6.42 Å². The van der Waals surface area contributed by atoms with E-state index in [-0.39, 0.29) is 6.03 Å². The van der Waals surface area contributed by atoms with Crippen molar-refractivity contribution in [3.63, 3.8) is 0 Å². The highest BCUT2D eigenvalue weighted by molar-refractivity contribution is 5.89. The van der Waals surface area contributed by atoms with Gasteiger partial charge in [0, 0.05) is 31.6 Å². The van der Waals surface area contributed by atoms with Crippen molar-refractivity contribution in [3.05, 3.63) is 42.1 Å². The van der Waals surface area contributed by atoms with Crippen molar-refractivity contribution >= 4 is 11.7 Å². The Morgan fingerprint density at radius 1 is 1.04 bits per heavy atom. The van der Waals surface area contributed by atoms with Gasteiger partial charge in [-0.05, 0) is 30.2 Å². The fraction of sp³-hybridized carbons (Fsp3) is 0.368. The van der Waals surface area contributed by atoms with Crippen LogP contribution in [0.25, 0.3) is 0 Å². The molecule has 0 radical (unpaired) electrons. The van der Waals surface area contributed by atoms with Gasteiger partial charge in [0.05, 0.1) is 20.8 Å². The molecular formula is C19H25N3O5. The molecule has 0 fully saturated rings. The summed E-state index contributed by atoms with van der Waals surface area (Å²) in [6, 6.07) is 8.72. The van der Waals surface area contributed by atoms with Gasteiger partial charge in [-0.1, -0.05) is 6.07 Å². The average molecular weight is 375 g/mol. The number of carbonyl (C=O) groups excluding carboxylic acids is 1. The second kappa shape index (κ2) is 10.9. The van der Waals surface area contributed by atoms with Crippen molar-refractivity contribution in [1.82, 2.24) is 10.3 Å². The molecule has 2 rings (SSSR count). The maximum absolute atomic E-state index is 12.0. The number of nitrogens with one attached hydrogen (secondary N) is 2. The van der Waals surface area contributed by atoms with Crippen molar-refractivity contribution in [2.24, 2.45) is 0 Å². The Kier molecular flexibility index (Phi) is 8.18. The van der Waals surface area contributed by atoms with Gasteiger partial charge in [0.2, 0.25) is 5.88 Å². The number of rotatable bonds is 10. The number of methoxy groups -OCH3 is 3. The molecule has 2 amide bonds. The number of amides is 2. The third-order valence-corrected chi connectivity index (χ3v) is 3.68. The first-order chi connectivity index (χ1) is 13.2. The molecule has 1 heterocycles. The molecule has 0 aliphatic carbocycles. The van der Waals surface area contributed by atoms with Gasteiger partial charge in [-0.25, -0.2) is 9.78 Å².